The first-order valence-corrected chi connectivity index (χ1v) is 13.3. The number of fused-ring (bicyclic) bond motifs is 1. The lowest BCUT2D eigenvalue weighted by atomic mass is 9.61. The third kappa shape index (κ3) is 5.57. The van der Waals surface area contributed by atoms with Crippen molar-refractivity contribution in [3.63, 3.8) is 0 Å². The van der Waals surface area contributed by atoms with E-state index in [1.165, 1.54) is 18.6 Å². The molecule has 1 aromatic heterocycles. The molecular weight excluding hydrogens is 500 g/mol. The predicted molar refractivity (Wildman–Crippen MR) is 163 cm³/mol. The maximum atomic E-state index is 11.1. The van der Waals surface area contributed by atoms with E-state index in [2.05, 4.69) is 29.6 Å². The van der Waals surface area contributed by atoms with Gasteiger partial charge in [0, 0.05) is 53.5 Å². The molecule has 206 valence electrons. The lowest BCUT2D eigenvalue weighted by Gasteiger charge is -2.46. The molecule has 1 heterocycles. The molecule has 0 bridgehead atoms. The van der Waals surface area contributed by atoms with Crippen molar-refractivity contribution in [2.45, 2.75) is 44.1 Å². The fraction of sp³-hybridized carbons (Fsp3) is 0.281. The van der Waals surface area contributed by atoms with Gasteiger partial charge in [-0.2, -0.15) is 0 Å². The van der Waals surface area contributed by atoms with Crippen LogP contribution in [-0.4, -0.2) is 39.3 Å². The number of aromatic nitrogens is 2. The average Bonchev–Trinajstić information content (AvgIpc) is 3.34. The predicted octanol–water partition coefficient (Wildman–Crippen LogP) is 7.09. The summed E-state index contributed by atoms with van der Waals surface area (Å²) in [4.78, 5) is 16.1. The summed E-state index contributed by atoms with van der Waals surface area (Å²) in [6, 6.07) is 13.5. The molecule has 5 N–H and O–H groups in total. The monoisotopic (exact) mass is 536 g/mol. The molecule has 2 atom stereocenters. The maximum Gasteiger partial charge on any atom is 0.303 e. The number of imidazole rings is 1. The summed E-state index contributed by atoms with van der Waals surface area (Å²) >= 11 is 0. The summed E-state index contributed by atoms with van der Waals surface area (Å²) in [6.45, 7) is 12.0. The fourth-order valence-corrected chi connectivity index (χ4v) is 5.77. The number of aliphatic carboxylic acids is 1. The van der Waals surface area contributed by atoms with E-state index in [-0.39, 0.29) is 18.4 Å². The third-order valence-electron chi connectivity index (χ3n) is 8.01. The molecule has 0 amide bonds. The molecule has 0 spiro atoms. The summed E-state index contributed by atoms with van der Waals surface area (Å²) in [7, 11) is 0. The van der Waals surface area contributed by atoms with Crippen LogP contribution >= 0.6 is 0 Å². The van der Waals surface area contributed by atoms with Crippen LogP contribution in [0.25, 0.3) is 11.0 Å². The summed E-state index contributed by atoms with van der Waals surface area (Å²) in [6.07, 6.45) is 11.8. The Labute approximate surface area is 234 Å². The highest BCUT2D eigenvalue weighted by molar-refractivity contribution is 5.87. The summed E-state index contributed by atoms with van der Waals surface area (Å²) < 4.78 is 2.14. The van der Waals surface area contributed by atoms with Gasteiger partial charge in [-0.15, -0.1) is 19.7 Å². The highest BCUT2D eigenvalue weighted by Crippen LogP contribution is 2.52. The normalized spacial score (nSPS) is 20.6. The van der Waals surface area contributed by atoms with Crippen molar-refractivity contribution in [3.05, 3.63) is 91.6 Å². The molecule has 1 aliphatic carbocycles. The van der Waals surface area contributed by atoms with Gasteiger partial charge in [0.05, 0.1) is 11.0 Å². The minimum absolute atomic E-state index is 0.0378. The van der Waals surface area contributed by atoms with Crippen LogP contribution in [0.2, 0.25) is 0 Å². The molecule has 40 heavy (non-hydrogen) atoms. The number of nitrogens with one attached hydrogen (secondary N) is 4. The number of benzene rings is 2. The summed E-state index contributed by atoms with van der Waals surface area (Å²) in [5.41, 5.74) is 3.06. The highest BCUT2D eigenvalue weighted by Gasteiger charge is 2.45. The molecule has 1 fully saturated rings. The molecule has 2 unspecified atom stereocenters. The van der Waals surface area contributed by atoms with Crippen LogP contribution in [0.3, 0.4) is 0 Å². The first-order chi connectivity index (χ1) is 19.2. The Kier molecular flexibility index (Phi) is 8.28. The van der Waals surface area contributed by atoms with Crippen LogP contribution in [0.15, 0.2) is 80.4 Å². The first kappa shape index (κ1) is 28.4. The van der Waals surface area contributed by atoms with Gasteiger partial charge in [0.1, 0.15) is 0 Å². The van der Waals surface area contributed by atoms with E-state index >= 15 is 0 Å². The van der Waals surface area contributed by atoms with Crippen molar-refractivity contribution in [1.29, 1.82) is 16.2 Å². The molecule has 2 aromatic carbocycles. The van der Waals surface area contributed by atoms with Gasteiger partial charge in [-0.05, 0) is 61.1 Å². The fourth-order valence-electron chi connectivity index (χ4n) is 5.77. The van der Waals surface area contributed by atoms with Crippen molar-refractivity contribution in [2.75, 3.05) is 5.32 Å². The van der Waals surface area contributed by atoms with Crippen LogP contribution in [0.1, 0.15) is 48.8 Å². The van der Waals surface area contributed by atoms with Gasteiger partial charge < -0.3 is 31.2 Å². The molecule has 0 aliphatic heterocycles. The van der Waals surface area contributed by atoms with E-state index in [4.69, 9.17) is 26.3 Å². The molecule has 1 saturated carbocycles. The molecule has 0 saturated heterocycles. The number of carbonyl (C=O) groups is 1. The second-order valence-electron chi connectivity index (χ2n) is 10.6. The lowest BCUT2D eigenvalue weighted by molar-refractivity contribution is -0.136. The smallest absolute Gasteiger partial charge is 0.303 e. The number of hydrogen-bond donors (Lipinski definition) is 5. The second kappa shape index (κ2) is 11.7. The van der Waals surface area contributed by atoms with Gasteiger partial charge in [0.15, 0.2) is 0 Å². The Bertz CT molecular complexity index is 1420. The zero-order valence-corrected chi connectivity index (χ0v) is 22.6. The van der Waals surface area contributed by atoms with E-state index in [1.54, 1.807) is 6.08 Å². The zero-order valence-electron chi connectivity index (χ0n) is 22.6. The van der Waals surface area contributed by atoms with E-state index in [0.29, 0.717) is 31.6 Å². The molecular formula is C32H36N6O2. The van der Waals surface area contributed by atoms with Crippen LogP contribution < -0.4 is 5.32 Å². The van der Waals surface area contributed by atoms with Crippen LogP contribution in [0.4, 0.5) is 11.6 Å². The number of carboxylic acids is 1. The summed E-state index contributed by atoms with van der Waals surface area (Å²) in [5.74, 6) is -0.394. The Hall–Kier alpha value is -4.59. The SMILES string of the molecule is C=CC(C=N)c1ccc(Nc2nc3cc(CCC(=O)O)ccc3n2C2CC(C=C)(C=C)CC(C=N)(C=N)C2)cc1. The van der Waals surface area contributed by atoms with Gasteiger partial charge in [0.2, 0.25) is 5.95 Å². The van der Waals surface area contributed by atoms with Crippen molar-refractivity contribution in [2.24, 2.45) is 10.8 Å². The average molecular weight is 537 g/mol. The van der Waals surface area contributed by atoms with E-state index in [1.807, 2.05) is 54.6 Å². The number of aryl methyl sites for hydroxylation is 1. The van der Waals surface area contributed by atoms with Crippen LogP contribution in [-0.2, 0) is 11.2 Å². The Morgan fingerprint density at radius 1 is 1.07 bits per heavy atom. The number of rotatable bonds is 13. The van der Waals surface area contributed by atoms with Crippen molar-refractivity contribution in [3.8, 4) is 0 Å². The zero-order chi connectivity index (χ0) is 28.9. The van der Waals surface area contributed by atoms with E-state index in [9.17, 15) is 4.79 Å². The highest BCUT2D eigenvalue weighted by atomic mass is 16.4. The Balaban J connectivity index is 1.82. The van der Waals surface area contributed by atoms with Crippen molar-refractivity contribution < 1.29 is 9.90 Å². The quantitative estimate of drug-likeness (QED) is 0.118. The van der Waals surface area contributed by atoms with E-state index in [0.717, 1.165) is 27.8 Å². The molecule has 8 heteroatoms. The molecule has 1 aliphatic rings. The first-order valence-electron chi connectivity index (χ1n) is 13.3. The van der Waals surface area contributed by atoms with Crippen molar-refractivity contribution in [1.82, 2.24) is 9.55 Å². The largest absolute Gasteiger partial charge is 0.481 e. The van der Waals surface area contributed by atoms with Gasteiger partial charge in [-0.3, -0.25) is 4.79 Å². The van der Waals surface area contributed by atoms with E-state index < -0.39 is 16.8 Å². The molecule has 8 nitrogen and oxygen atoms in total. The van der Waals surface area contributed by atoms with Gasteiger partial charge in [0.25, 0.3) is 0 Å². The Morgan fingerprint density at radius 3 is 2.33 bits per heavy atom. The minimum Gasteiger partial charge on any atom is -0.481 e. The standard InChI is InChI=1S/C32H36N6O2/c1-4-23(18-33)24-9-11-25(12-10-24)36-30-37-27-15-22(8-14-29(39)40)7-13-28(27)38(30)26-16-31(5-2,6-3)19-32(17-26,20-34)21-35/h4-7,9-13,15,18,20-21,23,26,33-35H,1-3,8,14,16-17,19H2,(H,36,37)(H,39,40). The van der Waals surface area contributed by atoms with Crippen LogP contribution in [0, 0.1) is 27.1 Å². The Morgan fingerprint density at radius 2 is 1.75 bits per heavy atom. The lowest BCUT2D eigenvalue weighted by Crippen LogP contribution is -2.41. The topological polar surface area (TPSA) is 139 Å². The molecule has 0 radical (unpaired) electrons. The maximum absolute atomic E-state index is 11.1. The van der Waals surface area contributed by atoms with Gasteiger partial charge in [-0.1, -0.05) is 36.4 Å². The number of hydrogen-bond acceptors (Lipinski definition) is 6. The molecule has 3 aromatic rings. The number of nitrogens with zero attached hydrogens (tertiary/aromatic N) is 2. The van der Waals surface area contributed by atoms with Gasteiger partial charge >= 0.3 is 5.97 Å². The third-order valence-corrected chi connectivity index (χ3v) is 8.01. The second-order valence-corrected chi connectivity index (χ2v) is 10.6. The van der Waals surface area contributed by atoms with Crippen LogP contribution in [0.5, 0.6) is 0 Å². The van der Waals surface area contributed by atoms with Crippen molar-refractivity contribution >= 4 is 47.3 Å². The molecule has 4 rings (SSSR count). The summed E-state index contributed by atoms with van der Waals surface area (Å²) in [5, 5.41) is 36.7. The van der Waals surface area contributed by atoms with Gasteiger partial charge in [-0.25, -0.2) is 4.98 Å². The minimum atomic E-state index is -0.847. The number of allylic oxidation sites excluding steroid dienone is 3. The number of carboxylic acid groups (broad SMARTS) is 1. The number of anilines is 2.